The van der Waals surface area contributed by atoms with Gasteiger partial charge in [0.05, 0.1) is 0 Å². The number of rotatable bonds is 59. The van der Waals surface area contributed by atoms with Gasteiger partial charge in [-0.25, -0.2) is 0 Å². The van der Waals surface area contributed by atoms with E-state index in [0.717, 1.165) is 148 Å². The molecule has 1 unspecified atom stereocenters. The Morgan fingerprint density at radius 2 is 0.500 bits per heavy atom. The Morgan fingerprint density at radius 1 is 0.269 bits per heavy atom. The maximum Gasteiger partial charge on any atom is 0.306 e. The Labute approximate surface area is 482 Å². The third kappa shape index (κ3) is 62.9. The highest BCUT2D eigenvalue weighted by atomic mass is 16.6. The van der Waals surface area contributed by atoms with Crippen LogP contribution in [0.1, 0.15) is 310 Å². The monoisotopic (exact) mass is 1080 g/mol. The summed E-state index contributed by atoms with van der Waals surface area (Å²) in [5.41, 5.74) is 0. The average Bonchev–Trinajstić information content (AvgIpc) is 3.44. The van der Waals surface area contributed by atoms with Gasteiger partial charge in [0.1, 0.15) is 13.2 Å². The van der Waals surface area contributed by atoms with Crippen molar-refractivity contribution < 1.29 is 28.6 Å². The largest absolute Gasteiger partial charge is 0.462 e. The molecule has 0 aromatic carbocycles. The molecule has 0 saturated heterocycles. The predicted octanol–water partition coefficient (Wildman–Crippen LogP) is 22.6. The lowest BCUT2D eigenvalue weighted by atomic mass is 10.0. The zero-order valence-corrected chi connectivity index (χ0v) is 51.2. The van der Waals surface area contributed by atoms with Gasteiger partial charge in [-0.3, -0.25) is 14.4 Å². The molecule has 0 aliphatic carbocycles. The Balaban J connectivity index is 4.40. The van der Waals surface area contributed by atoms with Crippen molar-refractivity contribution in [1.29, 1.82) is 0 Å². The van der Waals surface area contributed by atoms with E-state index in [0.29, 0.717) is 19.3 Å². The first kappa shape index (κ1) is 74.1. The van der Waals surface area contributed by atoms with Gasteiger partial charge in [-0.1, -0.05) is 291 Å². The standard InChI is InChI=1S/C72H122O6/c1-4-7-10-13-16-19-22-25-28-30-32-33-34-35-36-37-38-39-40-42-44-47-50-53-56-59-62-65-71(74)77-68-69(67-76-70(73)64-61-58-55-52-49-46-43-27-24-21-18-15-12-9-6-3)78-72(75)66-63-60-57-54-51-48-45-41-31-29-26-23-20-17-14-11-8-5-2/h7,10,16,18-19,21,25,27-28,32-33,35-36,38-39,42-44,69H,4-6,8-9,11-15,17,20,22-24,26,29-31,34,37,40-41,45-68H2,1-3H3/b10-7-,19-16-,21-18-,28-25-,33-32-,36-35-,39-38-,43-27-,44-42-. The minimum atomic E-state index is -0.794. The first-order valence-corrected chi connectivity index (χ1v) is 32.9. The lowest BCUT2D eigenvalue weighted by molar-refractivity contribution is -0.167. The van der Waals surface area contributed by atoms with Gasteiger partial charge in [-0.2, -0.15) is 0 Å². The van der Waals surface area contributed by atoms with Crippen LogP contribution in [-0.4, -0.2) is 37.2 Å². The molecular weight excluding hydrogens is 961 g/mol. The third-order valence-corrected chi connectivity index (χ3v) is 14.0. The highest BCUT2D eigenvalue weighted by Gasteiger charge is 2.19. The van der Waals surface area contributed by atoms with Crippen molar-refractivity contribution in [3.05, 3.63) is 109 Å². The van der Waals surface area contributed by atoms with Gasteiger partial charge in [-0.15, -0.1) is 0 Å². The first-order valence-electron chi connectivity index (χ1n) is 32.9. The van der Waals surface area contributed by atoms with Gasteiger partial charge in [0, 0.05) is 19.3 Å². The number of ether oxygens (including phenoxy) is 3. The molecule has 6 heteroatoms. The van der Waals surface area contributed by atoms with Crippen LogP contribution in [0.4, 0.5) is 0 Å². The minimum Gasteiger partial charge on any atom is -0.462 e. The van der Waals surface area contributed by atoms with Crippen molar-refractivity contribution in [2.45, 2.75) is 316 Å². The predicted molar refractivity (Wildman–Crippen MR) is 339 cm³/mol. The molecule has 0 spiro atoms. The van der Waals surface area contributed by atoms with E-state index in [1.807, 2.05) is 0 Å². The fourth-order valence-corrected chi connectivity index (χ4v) is 9.10. The lowest BCUT2D eigenvalue weighted by Crippen LogP contribution is -2.30. The molecule has 0 bridgehead atoms. The number of esters is 3. The molecule has 0 aromatic rings. The van der Waals surface area contributed by atoms with Crippen LogP contribution >= 0.6 is 0 Å². The summed E-state index contributed by atoms with van der Waals surface area (Å²) in [6, 6.07) is 0. The van der Waals surface area contributed by atoms with Crippen LogP contribution in [0, 0.1) is 0 Å². The van der Waals surface area contributed by atoms with Crippen LogP contribution in [0.15, 0.2) is 109 Å². The van der Waals surface area contributed by atoms with Crippen LogP contribution in [-0.2, 0) is 28.6 Å². The number of carbonyl (C=O) groups is 3. The second-order valence-corrected chi connectivity index (χ2v) is 21.6. The van der Waals surface area contributed by atoms with Crippen LogP contribution in [0.25, 0.3) is 0 Å². The van der Waals surface area contributed by atoms with Crippen molar-refractivity contribution in [2.24, 2.45) is 0 Å². The number of allylic oxidation sites excluding steroid dienone is 18. The van der Waals surface area contributed by atoms with E-state index in [9.17, 15) is 14.4 Å². The molecule has 0 aliphatic rings. The fourth-order valence-electron chi connectivity index (χ4n) is 9.10. The summed E-state index contributed by atoms with van der Waals surface area (Å²) in [4.78, 5) is 38.4. The van der Waals surface area contributed by atoms with E-state index < -0.39 is 6.10 Å². The Morgan fingerprint density at radius 3 is 0.808 bits per heavy atom. The molecule has 0 fully saturated rings. The molecule has 0 saturated carbocycles. The summed E-state index contributed by atoms with van der Waals surface area (Å²) in [7, 11) is 0. The summed E-state index contributed by atoms with van der Waals surface area (Å²) in [5, 5.41) is 0. The molecular formula is C72H122O6. The van der Waals surface area contributed by atoms with E-state index >= 15 is 0 Å². The van der Waals surface area contributed by atoms with Gasteiger partial charge in [-0.05, 0) is 109 Å². The molecule has 446 valence electrons. The van der Waals surface area contributed by atoms with E-state index in [-0.39, 0.29) is 31.1 Å². The SMILES string of the molecule is CC/C=C\C/C=C\C/C=C\C/C=C\C/C=C\C/C=C\C/C=C\CCCCCCCC(=O)OCC(COC(=O)CCCCCCC/C=C\C/C=C\CCCCC)OC(=O)CCCCCCCCCCCCCCCCCCCC. The molecule has 1 atom stereocenters. The average molecular weight is 1080 g/mol. The molecule has 0 amide bonds. The van der Waals surface area contributed by atoms with Crippen LogP contribution in [0.5, 0.6) is 0 Å². The highest BCUT2D eigenvalue weighted by molar-refractivity contribution is 5.71. The Hall–Kier alpha value is -3.93. The summed E-state index contributed by atoms with van der Waals surface area (Å²) in [6.07, 6.45) is 89.5. The Kier molecular flexibility index (Phi) is 62.3. The van der Waals surface area contributed by atoms with Gasteiger partial charge >= 0.3 is 17.9 Å². The highest BCUT2D eigenvalue weighted by Crippen LogP contribution is 2.16. The van der Waals surface area contributed by atoms with Gasteiger partial charge < -0.3 is 14.2 Å². The van der Waals surface area contributed by atoms with Crippen LogP contribution < -0.4 is 0 Å². The minimum absolute atomic E-state index is 0.0902. The number of unbranched alkanes of at least 4 members (excludes halogenated alkanes) is 30. The van der Waals surface area contributed by atoms with Crippen LogP contribution in [0.3, 0.4) is 0 Å². The van der Waals surface area contributed by atoms with Crippen molar-refractivity contribution in [3.63, 3.8) is 0 Å². The van der Waals surface area contributed by atoms with Gasteiger partial charge in [0.15, 0.2) is 6.10 Å². The number of carbonyl (C=O) groups excluding carboxylic acids is 3. The first-order chi connectivity index (χ1) is 38.5. The lowest BCUT2D eigenvalue weighted by Gasteiger charge is -2.18. The maximum atomic E-state index is 12.9. The van der Waals surface area contributed by atoms with Crippen LogP contribution in [0.2, 0.25) is 0 Å². The Bertz CT molecular complexity index is 1570. The van der Waals surface area contributed by atoms with E-state index in [1.165, 1.54) is 122 Å². The summed E-state index contributed by atoms with van der Waals surface area (Å²) in [5.74, 6) is -0.911. The van der Waals surface area contributed by atoms with Gasteiger partial charge in [0.2, 0.25) is 0 Å². The molecule has 0 radical (unpaired) electrons. The molecule has 6 nitrogen and oxygen atoms in total. The zero-order chi connectivity index (χ0) is 56.4. The summed E-state index contributed by atoms with van der Waals surface area (Å²) in [6.45, 7) is 6.50. The van der Waals surface area contributed by atoms with Gasteiger partial charge in [0.25, 0.3) is 0 Å². The third-order valence-electron chi connectivity index (χ3n) is 14.0. The molecule has 0 aliphatic heterocycles. The molecule has 0 heterocycles. The summed E-state index contributed by atoms with van der Waals surface area (Å²) < 4.78 is 16.9. The maximum absolute atomic E-state index is 12.9. The number of hydrogen-bond acceptors (Lipinski definition) is 6. The molecule has 0 rings (SSSR count). The normalized spacial score (nSPS) is 12.8. The second kappa shape index (κ2) is 65.6. The zero-order valence-electron chi connectivity index (χ0n) is 51.2. The van der Waals surface area contributed by atoms with Crippen molar-refractivity contribution >= 4 is 17.9 Å². The molecule has 0 aromatic heterocycles. The topological polar surface area (TPSA) is 78.9 Å². The fraction of sp³-hybridized carbons (Fsp3) is 0.708. The van der Waals surface area contributed by atoms with Crippen molar-refractivity contribution in [3.8, 4) is 0 Å². The van der Waals surface area contributed by atoms with E-state index in [4.69, 9.17) is 14.2 Å². The van der Waals surface area contributed by atoms with E-state index in [1.54, 1.807) is 0 Å². The van der Waals surface area contributed by atoms with Crippen molar-refractivity contribution in [2.75, 3.05) is 13.2 Å². The number of hydrogen-bond donors (Lipinski definition) is 0. The summed E-state index contributed by atoms with van der Waals surface area (Å²) >= 11 is 0. The smallest absolute Gasteiger partial charge is 0.306 e. The molecule has 78 heavy (non-hydrogen) atoms. The second-order valence-electron chi connectivity index (χ2n) is 21.6. The van der Waals surface area contributed by atoms with Crippen molar-refractivity contribution in [1.82, 2.24) is 0 Å². The quantitative estimate of drug-likeness (QED) is 0.0261. The molecule has 0 N–H and O–H groups in total. The van der Waals surface area contributed by atoms with E-state index in [2.05, 4.69) is 130 Å².